The lowest BCUT2D eigenvalue weighted by atomic mass is 9.98. The maximum atomic E-state index is 9.33. The largest absolute Gasteiger partial charge is 0.394 e. The first-order chi connectivity index (χ1) is 9.65. The topological polar surface area (TPSA) is 55.7 Å². The van der Waals surface area contributed by atoms with Gasteiger partial charge < -0.3 is 15.5 Å². The molecule has 20 heavy (non-hydrogen) atoms. The van der Waals surface area contributed by atoms with Gasteiger partial charge in [-0.2, -0.15) is 0 Å². The Morgan fingerprint density at radius 1 is 1.15 bits per heavy atom. The van der Waals surface area contributed by atoms with E-state index in [0.29, 0.717) is 6.04 Å². The molecule has 3 N–H and O–H groups in total. The van der Waals surface area contributed by atoms with E-state index in [-0.39, 0.29) is 13.2 Å². The molecule has 0 unspecified atom stereocenters. The number of nitrogens with zero attached hydrogens (tertiary/aromatic N) is 1. The standard InChI is InChI=1S/C16H26N2O2/c1-16(12-19,13-20)17-15-7-9-18(10-8-15)11-14-5-3-2-4-6-14/h2-6,15,17,19-20H,7-13H2,1H3. The summed E-state index contributed by atoms with van der Waals surface area (Å²) in [5.74, 6) is 0. The van der Waals surface area contributed by atoms with Crippen LogP contribution in [-0.4, -0.2) is 53.0 Å². The SMILES string of the molecule is CC(CO)(CO)NC1CCN(Cc2ccccc2)CC1. The van der Waals surface area contributed by atoms with E-state index in [9.17, 15) is 10.2 Å². The molecule has 0 bridgehead atoms. The van der Waals surface area contributed by atoms with Crippen LogP contribution in [0.3, 0.4) is 0 Å². The molecule has 4 nitrogen and oxygen atoms in total. The summed E-state index contributed by atoms with van der Waals surface area (Å²) in [7, 11) is 0. The van der Waals surface area contributed by atoms with Gasteiger partial charge in [-0.25, -0.2) is 0 Å². The molecule has 1 aliphatic rings. The Bertz CT molecular complexity index is 385. The number of nitrogens with one attached hydrogen (secondary N) is 1. The van der Waals surface area contributed by atoms with Crippen molar-refractivity contribution in [3.8, 4) is 0 Å². The molecule has 0 aliphatic carbocycles. The molecule has 1 fully saturated rings. The number of hydrogen-bond acceptors (Lipinski definition) is 4. The summed E-state index contributed by atoms with van der Waals surface area (Å²) in [4.78, 5) is 2.46. The Labute approximate surface area is 121 Å². The Morgan fingerprint density at radius 2 is 1.75 bits per heavy atom. The van der Waals surface area contributed by atoms with E-state index in [0.717, 1.165) is 32.5 Å². The molecule has 0 atom stereocenters. The van der Waals surface area contributed by atoms with Crippen molar-refractivity contribution in [1.29, 1.82) is 0 Å². The van der Waals surface area contributed by atoms with Crippen molar-refractivity contribution in [2.45, 2.75) is 37.9 Å². The smallest absolute Gasteiger partial charge is 0.0633 e. The molecule has 112 valence electrons. The molecule has 1 heterocycles. The Morgan fingerprint density at radius 3 is 2.30 bits per heavy atom. The molecular formula is C16H26N2O2. The molecule has 1 aliphatic heterocycles. The van der Waals surface area contributed by atoms with Gasteiger partial charge in [0.25, 0.3) is 0 Å². The summed E-state index contributed by atoms with van der Waals surface area (Å²) in [6, 6.07) is 10.9. The molecule has 0 spiro atoms. The van der Waals surface area contributed by atoms with Crippen LogP contribution >= 0.6 is 0 Å². The van der Waals surface area contributed by atoms with Crippen LogP contribution < -0.4 is 5.32 Å². The Hall–Kier alpha value is -0.940. The molecule has 1 aromatic carbocycles. The lowest BCUT2D eigenvalue weighted by molar-refractivity contribution is 0.0791. The van der Waals surface area contributed by atoms with Crippen LogP contribution in [0.15, 0.2) is 30.3 Å². The number of benzene rings is 1. The average molecular weight is 278 g/mol. The zero-order valence-electron chi connectivity index (χ0n) is 12.3. The minimum absolute atomic E-state index is 0.0340. The second-order valence-electron chi connectivity index (χ2n) is 6.06. The van der Waals surface area contributed by atoms with Crippen molar-refractivity contribution in [3.05, 3.63) is 35.9 Å². The number of rotatable bonds is 6. The summed E-state index contributed by atoms with van der Waals surface area (Å²) >= 11 is 0. The lowest BCUT2D eigenvalue weighted by Gasteiger charge is -2.37. The quantitative estimate of drug-likeness (QED) is 0.726. The van der Waals surface area contributed by atoms with Crippen molar-refractivity contribution in [1.82, 2.24) is 10.2 Å². The summed E-state index contributed by atoms with van der Waals surface area (Å²) < 4.78 is 0. The van der Waals surface area contributed by atoms with Crippen molar-refractivity contribution in [2.24, 2.45) is 0 Å². The van der Waals surface area contributed by atoms with Gasteiger partial charge in [0, 0.05) is 12.6 Å². The molecule has 1 aromatic rings. The molecule has 0 radical (unpaired) electrons. The van der Waals surface area contributed by atoms with E-state index in [2.05, 4.69) is 34.5 Å². The van der Waals surface area contributed by atoms with E-state index in [1.54, 1.807) is 0 Å². The number of aliphatic hydroxyl groups excluding tert-OH is 2. The normalized spacial score (nSPS) is 18.4. The van der Waals surface area contributed by atoms with E-state index in [1.807, 2.05) is 13.0 Å². The summed E-state index contributed by atoms with van der Waals surface area (Å²) in [5.41, 5.74) is 0.793. The highest BCUT2D eigenvalue weighted by molar-refractivity contribution is 5.14. The highest BCUT2D eigenvalue weighted by atomic mass is 16.3. The zero-order valence-corrected chi connectivity index (χ0v) is 12.3. The van der Waals surface area contributed by atoms with Crippen molar-refractivity contribution in [3.63, 3.8) is 0 Å². The van der Waals surface area contributed by atoms with Gasteiger partial charge in [0.1, 0.15) is 0 Å². The van der Waals surface area contributed by atoms with Crippen LogP contribution in [-0.2, 0) is 6.54 Å². The summed E-state index contributed by atoms with van der Waals surface area (Å²) in [5, 5.41) is 22.0. The number of hydrogen-bond donors (Lipinski definition) is 3. The van der Waals surface area contributed by atoms with E-state index >= 15 is 0 Å². The summed E-state index contributed by atoms with van der Waals surface area (Å²) in [6.45, 7) is 4.91. The predicted octanol–water partition coefficient (Wildman–Crippen LogP) is 0.984. The van der Waals surface area contributed by atoms with Gasteiger partial charge in [-0.1, -0.05) is 30.3 Å². The van der Waals surface area contributed by atoms with Crippen LogP contribution in [0, 0.1) is 0 Å². The van der Waals surface area contributed by atoms with Crippen LogP contribution in [0.25, 0.3) is 0 Å². The van der Waals surface area contributed by atoms with Crippen LogP contribution in [0.2, 0.25) is 0 Å². The first-order valence-electron chi connectivity index (χ1n) is 7.41. The van der Waals surface area contributed by atoms with Gasteiger partial charge in [-0.3, -0.25) is 4.90 Å². The first-order valence-corrected chi connectivity index (χ1v) is 7.41. The second kappa shape index (κ2) is 7.18. The number of aliphatic hydroxyl groups is 2. The fraction of sp³-hybridized carbons (Fsp3) is 0.625. The highest BCUT2D eigenvalue weighted by Gasteiger charge is 2.28. The minimum Gasteiger partial charge on any atom is -0.394 e. The minimum atomic E-state index is -0.563. The maximum Gasteiger partial charge on any atom is 0.0633 e. The second-order valence-corrected chi connectivity index (χ2v) is 6.06. The highest BCUT2D eigenvalue weighted by Crippen LogP contribution is 2.16. The summed E-state index contributed by atoms with van der Waals surface area (Å²) in [6.07, 6.45) is 2.12. The maximum absolute atomic E-state index is 9.33. The fourth-order valence-electron chi connectivity index (χ4n) is 2.71. The average Bonchev–Trinajstić information content (AvgIpc) is 2.50. The molecule has 4 heteroatoms. The monoisotopic (exact) mass is 278 g/mol. The molecule has 2 rings (SSSR count). The molecule has 0 amide bonds. The van der Waals surface area contributed by atoms with Gasteiger partial charge in [0.2, 0.25) is 0 Å². The number of likely N-dealkylation sites (tertiary alicyclic amines) is 1. The first kappa shape index (κ1) is 15.4. The molecule has 0 aromatic heterocycles. The predicted molar refractivity (Wildman–Crippen MR) is 80.5 cm³/mol. The van der Waals surface area contributed by atoms with Crippen LogP contribution in [0.1, 0.15) is 25.3 Å². The third-order valence-electron chi connectivity index (χ3n) is 4.09. The van der Waals surface area contributed by atoms with E-state index in [1.165, 1.54) is 5.56 Å². The van der Waals surface area contributed by atoms with E-state index in [4.69, 9.17) is 0 Å². The van der Waals surface area contributed by atoms with Gasteiger partial charge in [-0.05, 0) is 38.4 Å². The fourth-order valence-corrected chi connectivity index (χ4v) is 2.71. The molecule has 1 saturated heterocycles. The molecular weight excluding hydrogens is 252 g/mol. The Kier molecular flexibility index (Phi) is 5.54. The van der Waals surface area contributed by atoms with Crippen molar-refractivity contribution >= 4 is 0 Å². The zero-order chi connectivity index (χ0) is 14.4. The third kappa shape index (κ3) is 4.28. The molecule has 0 saturated carbocycles. The van der Waals surface area contributed by atoms with Crippen molar-refractivity contribution < 1.29 is 10.2 Å². The Balaban J connectivity index is 1.78. The van der Waals surface area contributed by atoms with Gasteiger partial charge in [0.15, 0.2) is 0 Å². The van der Waals surface area contributed by atoms with Crippen LogP contribution in [0.4, 0.5) is 0 Å². The van der Waals surface area contributed by atoms with Crippen molar-refractivity contribution in [2.75, 3.05) is 26.3 Å². The lowest BCUT2D eigenvalue weighted by Crippen LogP contribution is -2.56. The van der Waals surface area contributed by atoms with Gasteiger partial charge >= 0.3 is 0 Å². The van der Waals surface area contributed by atoms with Gasteiger partial charge in [0.05, 0.1) is 18.8 Å². The van der Waals surface area contributed by atoms with Gasteiger partial charge in [-0.15, -0.1) is 0 Å². The number of piperidine rings is 1. The van der Waals surface area contributed by atoms with E-state index < -0.39 is 5.54 Å². The van der Waals surface area contributed by atoms with Crippen LogP contribution in [0.5, 0.6) is 0 Å². The third-order valence-corrected chi connectivity index (χ3v) is 4.09.